The first-order valence-corrected chi connectivity index (χ1v) is 6.94. The van der Waals surface area contributed by atoms with Crippen LogP contribution in [-0.2, 0) is 7.05 Å². The third-order valence-corrected chi connectivity index (χ3v) is 4.08. The van der Waals surface area contributed by atoms with Crippen LogP contribution in [0.15, 0.2) is 39.9 Å². The van der Waals surface area contributed by atoms with Crippen molar-refractivity contribution in [1.29, 1.82) is 0 Å². The van der Waals surface area contributed by atoms with Crippen molar-refractivity contribution in [3.63, 3.8) is 0 Å². The normalized spacial score (nSPS) is 10.1. The maximum Gasteiger partial charge on any atom is 0.265 e. The molecule has 0 fully saturated rings. The number of H-pyrrole nitrogens is 1. The molecule has 0 aliphatic carbocycles. The van der Waals surface area contributed by atoms with E-state index in [1.165, 1.54) is 33.1 Å². The fourth-order valence-electron chi connectivity index (χ4n) is 1.29. The molecule has 1 aromatic carbocycles. The lowest BCUT2D eigenvalue weighted by atomic mass is 10.3. The van der Waals surface area contributed by atoms with Crippen LogP contribution in [0, 0.1) is 0 Å². The minimum absolute atomic E-state index is 0.0144. The summed E-state index contributed by atoms with van der Waals surface area (Å²) < 4.78 is 5.70. The van der Waals surface area contributed by atoms with Gasteiger partial charge in [-0.2, -0.15) is 0 Å². The molecule has 0 unspecified atom stereocenters. The van der Waals surface area contributed by atoms with Crippen molar-refractivity contribution in [2.24, 2.45) is 7.05 Å². The lowest BCUT2D eigenvalue weighted by Gasteiger charge is -1.79. The lowest BCUT2D eigenvalue weighted by molar-refractivity contribution is 0.981. The van der Waals surface area contributed by atoms with Crippen LogP contribution in [0.5, 0.6) is 0 Å². The van der Waals surface area contributed by atoms with E-state index >= 15 is 0 Å². The third-order valence-electron chi connectivity index (χ3n) is 2.16. The summed E-state index contributed by atoms with van der Waals surface area (Å²) in [4.78, 5) is 21.5. The van der Waals surface area contributed by atoms with E-state index in [-0.39, 0.29) is 11.1 Å². The van der Waals surface area contributed by atoms with E-state index < -0.39 is 0 Å². The average Bonchev–Trinajstić information content (AvgIpc) is 2.85. The molecule has 0 spiro atoms. The Morgan fingerprint density at radius 2 is 2.00 bits per heavy atom. The molecule has 7 heteroatoms. The highest BCUT2D eigenvalue weighted by Gasteiger charge is 1.96. The van der Waals surface area contributed by atoms with Gasteiger partial charge < -0.3 is 0 Å². The largest absolute Gasteiger partial charge is 0.277 e. The maximum atomic E-state index is 10.9. The van der Waals surface area contributed by atoms with Gasteiger partial charge in [0.2, 0.25) is 0 Å². The van der Waals surface area contributed by atoms with E-state index in [2.05, 4.69) is 4.37 Å². The molecule has 18 heavy (non-hydrogen) atoms. The standard InChI is InChI=1S/C7H5NOS.C4H4ClNOS/c9-7-5-3-1-2-4-6(5)10-8-7;1-6-4(7)2-3(5)8-6/h1-4H,(H,8,9);2H,1H3. The molecule has 2 aromatic heterocycles. The van der Waals surface area contributed by atoms with Gasteiger partial charge in [-0.05, 0) is 23.7 Å². The van der Waals surface area contributed by atoms with E-state index in [4.69, 9.17) is 11.6 Å². The monoisotopic (exact) mass is 300 g/mol. The average molecular weight is 301 g/mol. The van der Waals surface area contributed by atoms with E-state index in [0.29, 0.717) is 4.34 Å². The zero-order chi connectivity index (χ0) is 13.1. The summed E-state index contributed by atoms with van der Waals surface area (Å²) >= 11 is 8.08. The van der Waals surface area contributed by atoms with Crippen LogP contribution in [0.4, 0.5) is 0 Å². The molecule has 3 rings (SSSR count). The smallest absolute Gasteiger partial charge is 0.265 e. The molecular formula is C11H9ClN2O2S2. The quantitative estimate of drug-likeness (QED) is 0.694. The number of hydrogen-bond donors (Lipinski definition) is 1. The number of benzene rings is 1. The summed E-state index contributed by atoms with van der Waals surface area (Å²) in [5.41, 5.74) is -0.0272. The van der Waals surface area contributed by atoms with Gasteiger partial charge in [0.1, 0.15) is 4.34 Å². The fraction of sp³-hybridized carbons (Fsp3) is 0.0909. The molecule has 0 radical (unpaired) electrons. The molecule has 0 aliphatic rings. The molecule has 3 aromatic rings. The predicted octanol–water partition coefficient (Wildman–Crippen LogP) is 2.69. The predicted molar refractivity (Wildman–Crippen MR) is 77.0 cm³/mol. The Kier molecular flexibility index (Phi) is 4.00. The first kappa shape index (κ1) is 13.1. The molecule has 0 amide bonds. The summed E-state index contributed by atoms with van der Waals surface area (Å²) in [6.07, 6.45) is 0. The topological polar surface area (TPSA) is 54.9 Å². The van der Waals surface area contributed by atoms with Crippen molar-refractivity contribution in [3.05, 3.63) is 55.4 Å². The molecule has 0 saturated heterocycles. The number of aromatic amines is 1. The van der Waals surface area contributed by atoms with E-state index in [0.717, 1.165) is 10.1 Å². The second-order valence-electron chi connectivity index (χ2n) is 3.40. The number of nitrogens with one attached hydrogen (secondary N) is 1. The van der Waals surface area contributed by atoms with Gasteiger partial charge in [-0.15, -0.1) is 0 Å². The summed E-state index contributed by atoms with van der Waals surface area (Å²) in [6.45, 7) is 0. The Balaban J connectivity index is 0.000000138. The van der Waals surface area contributed by atoms with Crippen LogP contribution < -0.4 is 11.1 Å². The maximum absolute atomic E-state index is 10.9. The van der Waals surface area contributed by atoms with Crippen LogP contribution in [0.25, 0.3) is 10.1 Å². The van der Waals surface area contributed by atoms with Crippen molar-refractivity contribution < 1.29 is 0 Å². The van der Waals surface area contributed by atoms with Gasteiger partial charge >= 0.3 is 0 Å². The van der Waals surface area contributed by atoms with Crippen LogP contribution >= 0.6 is 34.7 Å². The SMILES string of the molecule is Cn1sc(Cl)cc1=O.O=c1[nH]sc2ccccc12. The van der Waals surface area contributed by atoms with Gasteiger partial charge in [0.05, 0.1) is 10.1 Å². The molecule has 2 heterocycles. The minimum atomic E-state index is -0.0417. The number of aromatic nitrogens is 2. The van der Waals surface area contributed by atoms with E-state index in [1.54, 1.807) is 7.05 Å². The second kappa shape index (κ2) is 5.51. The molecule has 1 N–H and O–H groups in total. The Bertz CT molecular complexity index is 769. The molecule has 0 aliphatic heterocycles. The summed E-state index contributed by atoms with van der Waals surface area (Å²) in [5, 5.41) is 0.785. The Morgan fingerprint density at radius 1 is 1.28 bits per heavy atom. The molecule has 0 bridgehead atoms. The number of halogens is 1. The Labute approximate surface area is 115 Å². The van der Waals surface area contributed by atoms with Crippen molar-refractivity contribution >= 4 is 44.8 Å². The van der Waals surface area contributed by atoms with Crippen LogP contribution in [0.2, 0.25) is 4.34 Å². The van der Waals surface area contributed by atoms with Gasteiger partial charge in [-0.25, -0.2) is 0 Å². The fourth-order valence-corrected chi connectivity index (χ4v) is 2.98. The summed E-state index contributed by atoms with van der Waals surface area (Å²) in [6, 6.07) is 8.94. The first-order chi connectivity index (χ1) is 8.58. The first-order valence-electron chi connectivity index (χ1n) is 4.97. The van der Waals surface area contributed by atoms with Crippen molar-refractivity contribution in [2.75, 3.05) is 0 Å². The van der Waals surface area contributed by atoms with Crippen molar-refractivity contribution in [3.8, 4) is 0 Å². The number of rotatable bonds is 0. The summed E-state index contributed by atoms with van der Waals surface area (Å²) in [7, 11) is 1.68. The number of nitrogens with zero attached hydrogens (tertiary/aromatic N) is 1. The second-order valence-corrected chi connectivity index (χ2v) is 6.05. The van der Waals surface area contributed by atoms with Gasteiger partial charge in [-0.1, -0.05) is 35.3 Å². The van der Waals surface area contributed by atoms with Crippen molar-refractivity contribution in [2.45, 2.75) is 0 Å². The number of aryl methyl sites for hydroxylation is 1. The highest BCUT2D eigenvalue weighted by atomic mass is 35.5. The molecular weight excluding hydrogens is 292 g/mol. The molecule has 0 atom stereocenters. The van der Waals surface area contributed by atoms with Gasteiger partial charge in [0.25, 0.3) is 11.1 Å². The Hall–Kier alpha value is -1.37. The van der Waals surface area contributed by atoms with E-state index in [1.807, 2.05) is 24.3 Å². The lowest BCUT2D eigenvalue weighted by Crippen LogP contribution is -2.05. The van der Waals surface area contributed by atoms with Gasteiger partial charge in [0.15, 0.2) is 0 Å². The van der Waals surface area contributed by atoms with Gasteiger partial charge in [0, 0.05) is 13.1 Å². The highest BCUT2D eigenvalue weighted by Crippen LogP contribution is 2.11. The third kappa shape index (κ3) is 2.90. The molecule has 94 valence electrons. The number of fused-ring (bicyclic) bond motifs is 1. The van der Waals surface area contributed by atoms with Crippen LogP contribution in [0.1, 0.15) is 0 Å². The van der Waals surface area contributed by atoms with Crippen LogP contribution in [-0.4, -0.2) is 8.33 Å². The minimum Gasteiger partial charge on any atom is -0.277 e. The van der Waals surface area contributed by atoms with E-state index in [9.17, 15) is 9.59 Å². The molecule has 4 nitrogen and oxygen atoms in total. The number of hydrogen-bond acceptors (Lipinski definition) is 4. The highest BCUT2D eigenvalue weighted by molar-refractivity contribution is 7.13. The zero-order valence-corrected chi connectivity index (χ0v) is 11.7. The summed E-state index contributed by atoms with van der Waals surface area (Å²) in [5.74, 6) is 0. The van der Waals surface area contributed by atoms with Crippen molar-refractivity contribution in [1.82, 2.24) is 8.33 Å². The van der Waals surface area contributed by atoms with Gasteiger partial charge in [-0.3, -0.25) is 17.9 Å². The zero-order valence-electron chi connectivity index (χ0n) is 9.34. The Morgan fingerprint density at radius 3 is 2.50 bits per heavy atom. The molecule has 0 saturated carbocycles. The van der Waals surface area contributed by atoms with Crippen LogP contribution in [0.3, 0.4) is 0 Å².